The number of hydrogen-bond acceptors (Lipinski definition) is 5. The van der Waals surface area contributed by atoms with Crippen molar-refractivity contribution in [3.8, 4) is 35.1 Å². The summed E-state index contributed by atoms with van der Waals surface area (Å²) in [4.78, 5) is 16.8. The molecule has 6 nitrogen and oxygen atoms in total. The minimum atomic E-state index is -0.310. The number of terminal acetylenes is 1. The largest absolute Gasteiger partial charge is 0.398 e. The molecule has 0 saturated carbocycles. The Bertz CT molecular complexity index is 1680. The number of halogens is 1. The second-order valence-electron chi connectivity index (χ2n) is 10.8. The highest BCUT2D eigenvalue weighted by molar-refractivity contribution is 5.91. The molecule has 0 saturated heterocycles. The van der Waals surface area contributed by atoms with Crippen molar-refractivity contribution in [1.29, 1.82) is 0 Å². The molecule has 0 aliphatic carbocycles. The van der Waals surface area contributed by atoms with Gasteiger partial charge in [0.1, 0.15) is 11.6 Å². The topological polar surface area (TPSA) is 92.5 Å². The third kappa shape index (κ3) is 6.54. The Kier molecular flexibility index (Phi) is 8.30. The molecule has 0 unspecified atom stereocenters. The van der Waals surface area contributed by atoms with Crippen LogP contribution in [0.15, 0.2) is 85.6 Å². The summed E-state index contributed by atoms with van der Waals surface area (Å²) in [6.07, 6.45) is 16.3. The van der Waals surface area contributed by atoms with Crippen LogP contribution in [0.1, 0.15) is 38.6 Å². The third-order valence-electron chi connectivity index (χ3n) is 6.24. The number of rotatable bonds is 7. The first kappa shape index (κ1) is 28.1. The molecule has 0 fully saturated rings. The van der Waals surface area contributed by atoms with Crippen LogP contribution in [0.5, 0.6) is 0 Å². The lowest BCUT2D eigenvalue weighted by Gasteiger charge is -2.20. The van der Waals surface area contributed by atoms with E-state index in [-0.39, 0.29) is 11.2 Å². The fraction of sp³-hybridized carbons (Fsp3) is 0.182. The van der Waals surface area contributed by atoms with Gasteiger partial charge in [-0.1, -0.05) is 51.6 Å². The monoisotopic (exact) mass is 532 g/mol. The second-order valence-corrected chi connectivity index (χ2v) is 10.8. The number of nitrogens with zero attached hydrogens (tertiary/aromatic N) is 3. The number of aromatic amines is 1. The van der Waals surface area contributed by atoms with Gasteiger partial charge in [-0.15, -0.1) is 12.8 Å². The number of anilines is 2. The number of allylic oxidation sites excluding steroid dienone is 1. The summed E-state index contributed by atoms with van der Waals surface area (Å²) in [6, 6.07) is 14.6. The predicted molar refractivity (Wildman–Crippen MR) is 163 cm³/mol. The lowest BCUT2D eigenvalue weighted by Crippen LogP contribution is -2.10. The summed E-state index contributed by atoms with van der Waals surface area (Å²) < 4.78 is 14.5. The van der Waals surface area contributed by atoms with Crippen molar-refractivity contribution in [3.63, 3.8) is 0 Å². The summed E-state index contributed by atoms with van der Waals surface area (Å²) in [7, 11) is 0. The van der Waals surface area contributed by atoms with Crippen LogP contribution in [-0.2, 0) is 6.42 Å². The van der Waals surface area contributed by atoms with Crippen molar-refractivity contribution < 1.29 is 4.39 Å². The molecule has 0 spiro atoms. The molecule has 4 N–H and O–H groups in total. The van der Waals surface area contributed by atoms with E-state index in [0.29, 0.717) is 28.8 Å². The van der Waals surface area contributed by atoms with E-state index in [1.54, 1.807) is 36.8 Å². The maximum Gasteiger partial charge on any atom is 0.131 e. The number of fused-ring (bicyclic) bond motifs is 1. The van der Waals surface area contributed by atoms with Crippen molar-refractivity contribution in [2.24, 2.45) is 5.41 Å². The molecule has 0 aliphatic heterocycles. The fourth-order valence-electron chi connectivity index (χ4n) is 4.62. The van der Waals surface area contributed by atoms with Gasteiger partial charge in [-0.3, -0.25) is 9.97 Å². The summed E-state index contributed by atoms with van der Waals surface area (Å²) in [5.41, 5.74) is 14.4. The Morgan fingerprint density at radius 3 is 2.48 bits per heavy atom. The van der Waals surface area contributed by atoms with Crippen LogP contribution in [-0.4, -0.2) is 19.9 Å². The zero-order valence-electron chi connectivity index (χ0n) is 23.0. The van der Waals surface area contributed by atoms with Crippen LogP contribution in [0.4, 0.5) is 15.8 Å². The maximum atomic E-state index is 14.5. The summed E-state index contributed by atoms with van der Waals surface area (Å²) >= 11 is 0. The Morgan fingerprint density at radius 2 is 1.73 bits per heavy atom. The van der Waals surface area contributed by atoms with Gasteiger partial charge in [-0.05, 0) is 47.2 Å². The molecule has 0 aliphatic rings. The van der Waals surface area contributed by atoms with Crippen molar-refractivity contribution in [2.45, 2.75) is 33.6 Å². The first-order chi connectivity index (χ1) is 19.2. The SMILES string of the molecule is C#C.C=C(CC(C)(C)C)Nc1cncc(-c2ccc(N)c(Cc3nc4c(-c5ccccc5F)cncc4[nH]3)c2)c1. The van der Waals surface area contributed by atoms with Crippen molar-refractivity contribution >= 4 is 22.4 Å². The van der Waals surface area contributed by atoms with Gasteiger partial charge in [-0.2, -0.15) is 0 Å². The summed E-state index contributed by atoms with van der Waals surface area (Å²) in [5.74, 6) is 0.414. The number of pyridine rings is 2. The number of hydrogen-bond donors (Lipinski definition) is 3. The highest BCUT2D eigenvalue weighted by atomic mass is 19.1. The van der Waals surface area contributed by atoms with Crippen LogP contribution in [0, 0.1) is 24.1 Å². The van der Waals surface area contributed by atoms with Gasteiger partial charge in [0.05, 0.1) is 29.1 Å². The van der Waals surface area contributed by atoms with E-state index in [1.807, 2.05) is 18.3 Å². The number of nitrogens with two attached hydrogens (primary N) is 1. The van der Waals surface area contributed by atoms with E-state index >= 15 is 0 Å². The quantitative estimate of drug-likeness (QED) is 0.148. The molecule has 40 heavy (non-hydrogen) atoms. The summed E-state index contributed by atoms with van der Waals surface area (Å²) in [5, 5.41) is 3.38. The van der Waals surface area contributed by atoms with Gasteiger partial charge in [0.2, 0.25) is 0 Å². The first-order valence-electron chi connectivity index (χ1n) is 12.9. The Balaban J connectivity index is 0.00000181. The maximum absolute atomic E-state index is 14.5. The Labute approximate surface area is 234 Å². The zero-order valence-corrected chi connectivity index (χ0v) is 23.0. The summed E-state index contributed by atoms with van der Waals surface area (Å²) in [6.45, 7) is 10.7. The molecular formula is C33H33FN6. The van der Waals surface area contributed by atoms with Crippen molar-refractivity contribution in [3.05, 3.63) is 103 Å². The predicted octanol–water partition coefficient (Wildman–Crippen LogP) is 7.61. The molecule has 0 radical (unpaired) electrons. The lowest BCUT2D eigenvalue weighted by atomic mass is 9.91. The fourth-order valence-corrected chi connectivity index (χ4v) is 4.62. The van der Waals surface area contributed by atoms with Crippen molar-refractivity contribution in [1.82, 2.24) is 19.9 Å². The number of benzene rings is 2. The highest BCUT2D eigenvalue weighted by Gasteiger charge is 2.15. The number of imidazole rings is 1. The average molecular weight is 533 g/mol. The molecule has 3 heterocycles. The molecule has 7 heteroatoms. The number of H-pyrrole nitrogens is 1. The Morgan fingerprint density at radius 1 is 0.975 bits per heavy atom. The molecule has 3 aromatic heterocycles. The van der Waals surface area contributed by atoms with E-state index in [4.69, 9.17) is 10.7 Å². The normalized spacial score (nSPS) is 11.1. The first-order valence-corrected chi connectivity index (χ1v) is 12.9. The minimum absolute atomic E-state index is 0.143. The zero-order chi connectivity index (χ0) is 28.9. The van der Waals surface area contributed by atoms with E-state index in [9.17, 15) is 4.39 Å². The van der Waals surface area contributed by atoms with Crippen LogP contribution in [0.3, 0.4) is 0 Å². The van der Waals surface area contributed by atoms with E-state index in [1.165, 1.54) is 6.07 Å². The smallest absolute Gasteiger partial charge is 0.131 e. The molecule has 0 atom stereocenters. The molecule has 202 valence electrons. The standard InChI is InChI=1S/C31H31FN6.C2H2/c1-19(14-31(2,3)4)36-23-12-22(15-34-16-23)20-9-10-27(33)21(11-20)13-29-37-28-18-35-17-25(30(28)38-29)24-7-5-6-8-26(24)32;1-2/h5-12,15-18,36H,1,13-14,33H2,2-4H3,(H,37,38);1-2H. The van der Waals surface area contributed by atoms with Gasteiger partial charge in [0, 0.05) is 46.9 Å². The minimum Gasteiger partial charge on any atom is -0.398 e. The van der Waals surface area contributed by atoms with Gasteiger partial charge in [0.15, 0.2) is 0 Å². The molecule has 2 aromatic carbocycles. The van der Waals surface area contributed by atoms with E-state index in [0.717, 1.165) is 45.8 Å². The van der Waals surface area contributed by atoms with Gasteiger partial charge in [-0.25, -0.2) is 9.37 Å². The van der Waals surface area contributed by atoms with E-state index < -0.39 is 0 Å². The van der Waals surface area contributed by atoms with Gasteiger partial charge in [0.25, 0.3) is 0 Å². The van der Waals surface area contributed by atoms with Crippen LogP contribution >= 0.6 is 0 Å². The van der Waals surface area contributed by atoms with Gasteiger partial charge < -0.3 is 16.0 Å². The average Bonchev–Trinajstić information content (AvgIpc) is 3.33. The number of nitrogens with one attached hydrogen (secondary N) is 2. The Hall–Kier alpha value is -4.96. The third-order valence-corrected chi connectivity index (χ3v) is 6.24. The van der Waals surface area contributed by atoms with Crippen molar-refractivity contribution in [2.75, 3.05) is 11.1 Å². The molecular weight excluding hydrogens is 499 g/mol. The van der Waals surface area contributed by atoms with Crippen LogP contribution < -0.4 is 11.1 Å². The second kappa shape index (κ2) is 11.8. The van der Waals surface area contributed by atoms with E-state index in [2.05, 4.69) is 72.6 Å². The molecule has 0 amide bonds. The lowest BCUT2D eigenvalue weighted by molar-refractivity contribution is 0.411. The number of aromatic nitrogens is 4. The van der Waals surface area contributed by atoms with Crippen LogP contribution in [0.2, 0.25) is 0 Å². The van der Waals surface area contributed by atoms with Gasteiger partial charge >= 0.3 is 0 Å². The number of nitrogen functional groups attached to an aromatic ring is 1. The molecule has 0 bridgehead atoms. The molecule has 5 rings (SSSR count). The highest BCUT2D eigenvalue weighted by Crippen LogP contribution is 2.31. The molecule has 5 aromatic rings. The van der Waals surface area contributed by atoms with Crippen LogP contribution in [0.25, 0.3) is 33.3 Å².